The predicted octanol–water partition coefficient (Wildman–Crippen LogP) is 3.38. The molecule has 1 heterocycles. The van der Waals surface area contributed by atoms with Crippen molar-refractivity contribution >= 4 is 5.71 Å². The number of benzene rings is 2. The summed E-state index contributed by atoms with van der Waals surface area (Å²) in [5, 5.41) is 14.6. The lowest BCUT2D eigenvalue weighted by atomic mass is 10.0. The fourth-order valence-electron chi connectivity index (χ4n) is 3.32. The van der Waals surface area contributed by atoms with Crippen LogP contribution in [-0.4, -0.2) is 54.2 Å². The molecule has 6 heteroatoms. The first-order valence-electron chi connectivity index (χ1n) is 9.76. The summed E-state index contributed by atoms with van der Waals surface area (Å²) in [4.78, 5) is 7.61. The lowest BCUT2D eigenvalue weighted by Crippen LogP contribution is -2.39. The summed E-state index contributed by atoms with van der Waals surface area (Å²) in [5.74, 6) is -0.261. The van der Waals surface area contributed by atoms with E-state index >= 15 is 0 Å². The molecule has 0 aromatic heterocycles. The fraction of sp³-hybridized carbons (Fsp3) is 0.348. The van der Waals surface area contributed by atoms with Crippen molar-refractivity contribution in [3.05, 3.63) is 84.2 Å². The Labute approximate surface area is 171 Å². The Balaban J connectivity index is 1.62. The van der Waals surface area contributed by atoms with Gasteiger partial charge in [-0.3, -0.25) is 4.90 Å². The van der Waals surface area contributed by atoms with E-state index in [9.17, 15) is 9.50 Å². The normalized spacial score (nSPS) is 17.1. The molecule has 2 atom stereocenters. The third-order valence-corrected chi connectivity index (χ3v) is 4.67. The number of aliphatic hydroxyl groups is 1. The maximum absolute atomic E-state index is 14.2. The highest BCUT2D eigenvalue weighted by atomic mass is 19.1. The first-order chi connectivity index (χ1) is 14.2. The Bertz CT molecular complexity index is 813. The van der Waals surface area contributed by atoms with E-state index in [0.717, 1.165) is 11.3 Å². The number of aliphatic hydroxyl groups excluding tert-OH is 1. The van der Waals surface area contributed by atoms with Crippen molar-refractivity contribution in [3.8, 4) is 0 Å². The standard InChI is InChI=1S/C23H27FN2O3/c1-2-12-28-17-20(27)15-26(14-19-10-6-7-11-22(19)24)16-21-13-23(25-29-21)18-8-4-3-5-9-18/h2-11,20-21,27H,1,12-17H2/t20-,21-/m0/s1. The molecule has 0 fully saturated rings. The minimum absolute atomic E-state index is 0.154. The van der Waals surface area contributed by atoms with Gasteiger partial charge in [0.15, 0.2) is 0 Å². The largest absolute Gasteiger partial charge is 0.390 e. The first kappa shape index (κ1) is 21.2. The topological polar surface area (TPSA) is 54.3 Å². The Morgan fingerprint density at radius 1 is 1.24 bits per heavy atom. The second kappa shape index (κ2) is 10.9. The molecule has 0 amide bonds. The van der Waals surface area contributed by atoms with Crippen molar-refractivity contribution in [1.82, 2.24) is 4.90 Å². The van der Waals surface area contributed by atoms with Crippen LogP contribution >= 0.6 is 0 Å². The summed E-state index contributed by atoms with van der Waals surface area (Å²) in [6.45, 7) is 5.39. The second-order valence-corrected chi connectivity index (χ2v) is 7.10. The summed E-state index contributed by atoms with van der Waals surface area (Å²) in [6.07, 6.45) is 1.45. The van der Waals surface area contributed by atoms with E-state index in [2.05, 4.69) is 11.7 Å². The maximum Gasteiger partial charge on any atom is 0.145 e. The molecule has 5 nitrogen and oxygen atoms in total. The van der Waals surface area contributed by atoms with Crippen LogP contribution < -0.4 is 0 Å². The van der Waals surface area contributed by atoms with E-state index in [1.165, 1.54) is 6.07 Å². The minimum atomic E-state index is -0.697. The van der Waals surface area contributed by atoms with Crippen LogP contribution in [0.1, 0.15) is 17.5 Å². The van der Waals surface area contributed by atoms with Gasteiger partial charge in [-0.2, -0.15) is 0 Å². The first-order valence-corrected chi connectivity index (χ1v) is 9.76. The third-order valence-electron chi connectivity index (χ3n) is 4.67. The van der Waals surface area contributed by atoms with Crippen molar-refractivity contribution in [3.63, 3.8) is 0 Å². The van der Waals surface area contributed by atoms with E-state index < -0.39 is 6.10 Å². The van der Waals surface area contributed by atoms with Gasteiger partial charge in [-0.15, -0.1) is 6.58 Å². The highest BCUT2D eigenvalue weighted by molar-refractivity contribution is 6.01. The van der Waals surface area contributed by atoms with Crippen LogP contribution in [0.2, 0.25) is 0 Å². The van der Waals surface area contributed by atoms with Gasteiger partial charge >= 0.3 is 0 Å². The molecule has 0 bridgehead atoms. The molecule has 154 valence electrons. The Hall–Kier alpha value is -2.54. The van der Waals surface area contributed by atoms with Crippen LogP contribution in [0, 0.1) is 5.82 Å². The van der Waals surface area contributed by atoms with Gasteiger partial charge in [-0.1, -0.05) is 59.8 Å². The highest BCUT2D eigenvalue weighted by Crippen LogP contribution is 2.19. The summed E-state index contributed by atoms with van der Waals surface area (Å²) < 4.78 is 19.5. The van der Waals surface area contributed by atoms with Crippen LogP contribution in [0.25, 0.3) is 0 Å². The Kier molecular flexibility index (Phi) is 7.93. The smallest absolute Gasteiger partial charge is 0.145 e. The summed E-state index contributed by atoms with van der Waals surface area (Å²) in [7, 11) is 0. The van der Waals surface area contributed by atoms with E-state index in [-0.39, 0.29) is 18.5 Å². The van der Waals surface area contributed by atoms with Crippen molar-refractivity contribution in [2.75, 3.05) is 26.3 Å². The summed E-state index contributed by atoms with van der Waals surface area (Å²) in [5.41, 5.74) is 2.51. The molecular formula is C23H27FN2O3. The number of halogens is 1. The predicted molar refractivity (Wildman–Crippen MR) is 111 cm³/mol. The molecule has 0 saturated heterocycles. The lowest BCUT2D eigenvalue weighted by molar-refractivity contribution is 0.00310. The van der Waals surface area contributed by atoms with Gasteiger partial charge in [-0.25, -0.2) is 4.39 Å². The zero-order valence-electron chi connectivity index (χ0n) is 16.4. The zero-order chi connectivity index (χ0) is 20.5. The van der Waals surface area contributed by atoms with E-state index in [0.29, 0.717) is 38.2 Å². The van der Waals surface area contributed by atoms with Gasteiger partial charge in [0.1, 0.15) is 11.9 Å². The SMILES string of the molecule is C=CCOC[C@@H](O)CN(Cc1ccccc1F)C[C@@H]1CC(c2ccccc2)=NO1. The molecule has 0 spiro atoms. The fourth-order valence-corrected chi connectivity index (χ4v) is 3.32. The number of hydrogen-bond acceptors (Lipinski definition) is 5. The number of ether oxygens (including phenoxy) is 1. The molecule has 1 aliphatic rings. The number of nitrogens with zero attached hydrogens (tertiary/aromatic N) is 2. The monoisotopic (exact) mass is 398 g/mol. The van der Waals surface area contributed by atoms with Gasteiger partial charge in [0, 0.05) is 31.6 Å². The van der Waals surface area contributed by atoms with Crippen LogP contribution in [0.5, 0.6) is 0 Å². The lowest BCUT2D eigenvalue weighted by Gasteiger charge is -2.27. The number of rotatable bonds is 11. The van der Waals surface area contributed by atoms with Gasteiger partial charge in [0.05, 0.1) is 25.0 Å². The Morgan fingerprint density at radius 2 is 2.00 bits per heavy atom. The van der Waals surface area contributed by atoms with Crippen molar-refractivity contribution in [2.45, 2.75) is 25.2 Å². The molecule has 1 aliphatic heterocycles. The van der Waals surface area contributed by atoms with E-state index in [1.807, 2.05) is 41.3 Å². The molecule has 0 aliphatic carbocycles. The molecular weight excluding hydrogens is 371 g/mol. The minimum Gasteiger partial charge on any atom is -0.390 e. The van der Waals surface area contributed by atoms with Gasteiger partial charge in [-0.05, 0) is 11.6 Å². The Morgan fingerprint density at radius 3 is 2.76 bits per heavy atom. The van der Waals surface area contributed by atoms with Gasteiger partial charge < -0.3 is 14.7 Å². The number of hydrogen-bond donors (Lipinski definition) is 1. The van der Waals surface area contributed by atoms with Gasteiger partial charge in [0.25, 0.3) is 0 Å². The van der Waals surface area contributed by atoms with Crippen molar-refractivity contribution < 1.29 is 19.1 Å². The van der Waals surface area contributed by atoms with E-state index in [1.54, 1.807) is 18.2 Å². The molecule has 3 rings (SSSR count). The molecule has 2 aromatic carbocycles. The second-order valence-electron chi connectivity index (χ2n) is 7.10. The third kappa shape index (κ3) is 6.49. The molecule has 1 N–H and O–H groups in total. The molecule has 2 aromatic rings. The van der Waals surface area contributed by atoms with Crippen LogP contribution in [-0.2, 0) is 16.1 Å². The molecule has 0 saturated carbocycles. The molecule has 0 radical (unpaired) electrons. The zero-order valence-corrected chi connectivity index (χ0v) is 16.4. The average molecular weight is 398 g/mol. The van der Waals surface area contributed by atoms with E-state index in [4.69, 9.17) is 9.57 Å². The highest BCUT2D eigenvalue weighted by Gasteiger charge is 2.26. The summed E-state index contributed by atoms with van der Waals surface area (Å²) in [6, 6.07) is 16.6. The van der Waals surface area contributed by atoms with Crippen LogP contribution in [0.15, 0.2) is 72.4 Å². The van der Waals surface area contributed by atoms with Crippen LogP contribution in [0.3, 0.4) is 0 Å². The number of oxime groups is 1. The molecule has 29 heavy (non-hydrogen) atoms. The van der Waals surface area contributed by atoms with Crippen molar-refractivity contribution in [1.29, 1.82) is 0 Å². The summed E-state index contributed by atoms with van der Waals surface area (Å²) >= 11 is 0. The quantitative estimate of drug-likeness (QED) is 0.466. The maximum atomic E-state index is 14.2. The van der Waals surface area contributed by atoms with Crippen molar-refractivity contribution in [2.24, 2.45) is 5.16 Å². The average Bonchev–Trinajstić information content (AvgIpc) is 3.19. The molecule has 0 unspecified atom stereocenters. The van der Waals surface area contributed by atoms with Crippen LogP contribution in [0.4, 0.5) is 4.39 Å². The van der Waals surface area contributed by atoms with Gasteiger partial charge in [0.2, 0.25) is 0 Å².